The van der Waals surface area contributed by atoms with E-state index in [0.29, 0.717) is 0 Å². The summed E-state index contributed by atoms with van der Waals surface area (Å²) in [6.45, 7) is 12.3. The average Bonchev–Trinajstić information content (AvgIpc) is 3.72. The second kappa shape index (κ2) is 18.8. The van der Waals surface area contributed by atoms with Crippen molar-refractivity contribution in [3.8, 4) is 0 Å². The molecule has 0 aliphatic carbocycles. The van der Waals surface area contributed by atoms with Crippen LogP contribution in [0.1, 0.15) is 87.0 Å². The largest absolute Gasteiger partial charge is 0.469 e. The summed E-state index contributed by atoms with van der Waals surface area (Å²) in [5.74, 6) is -3.47. The fourth-order valence-corrected chi connectivity index (χ4v) is 7.08. The third kappa shape index (κ3) is 13.2. The third-order valence-corrected chi connectivity index (χ3v) is 9.26. The van der Waals surface area contributed by atoms with Gasteiger partial charge in [-0.05, 0) is 61.3 Å². The number of carbonyl (C=O) groups excluding carboxylic acids is 5. The number of hydrogen-bond acceptors (Lipinski definition) is 15. The Balaban J connectivity index is 1.33. The van der Waals surface area contributed by atoms with Gasteiger partial charge in [0.25, 0.3) is 0 Å². The molecule has 4 aliphatic heterocycles. The lowest BCUT2D eigenvalue weighted by molar-refractivity contribution is -0.218. The molecular formula is C36H60N4O15. The molecule has 0 spiro atoms. The Hall–Kier alpha value is -3.17. The van der Waals surface area contributed by atoms with Crippen LogP contribution in [0.25, 0.3) is 0 Å². The van der Waals surface area contributed by atoms with E-state index in [1.807, 2.05) is 0 Å². The highest BCUT2D eigenvalue weighted by atomic mass is 16.9. The predicted molar refractivity (Wildman–Crippen MR) is 190 cm³/mol. The first-order valence-electron chi connectivity index (χ1n) is 18.7. The lowest BCUT2D eigenvalue weighted by Crippen LogP contribution is -2.46. The van der Waals surface area contributed by atoms with Crippen molar-refractivity contribution in [3.05, 3.63) is 0 Å². The van der Waals surface area contributed by atoms with Gasteiger partial charge in [-0.2, -0.15) is 0 Å². The number of alkyl carbamates (subject to hydrolysis) is 1. The Morgan fingerprint density at radius 1 is 0.655 bits per heavy atom. The normalized spacial score (nSPS) is 30.1. The lowest BCUT2D eigenvalue weighted by atomic mass is 10.00. The van der Waals surface area contributed by atoms with Gasteiger partial charge in [0.15, 0.2) is 24.2 Å². The first-order valence-corrected chi connectivity index (χ1v) is 18.7. The van der Waals surface area contributed by atoms with E-state index in [2.05, 4.69) is 26.0 Å². The summed E-state index contributed by atoms with van der Waals surface area (Å²) >= 11 is 0. The Kier molecular flexibility index (Phi) is 15.3. The van der Waals surface area contributed by atoms with Gasteiger partial charge < -0.3 is 68.6 Å². The van der Waals surface area contributed by atoms with Crippen LogP contribution in [0.4, 0.5) is 4.79 Å². The van der Waals surface area contributed by atoms with E-state index < -0.39 is 108 Å². The maximum atomic E-state index is 13.2. The first-order chi connectivity index (χ1) is 25.7. The smallest absolute Gasteiger partial charge is 0.407 e. The minimum absolute atomic E-state index is 0.0126. The van der Waals surface area contributed by atoms with Crippen molar-refractivity contribution >= 4 is 29.8 Å². The molecule has 0 radical (unpaired) electrons. The summed E-state index contributed by atoms with van der Waals surface area (Å²) in [5, 5.41) is 11.0. The molecule has 4 saturated heterocycles. The number of nitrogens with one attached hydrogen (secondary N) is 4. The number of amides is 4. The van der Waals surface area contributed by atoms with Gasteiger partial charge in [-0.3, -0.25) is 19.2 Å². The third-order valence-electron chi connectivity index (χ3n) is 9.26. The molecule has 0 saturated carbocycles. The Labute approximate surface area is 322 Å². The number of esters is 1. The highest BCUT2D eigenvalue weighted by molar-refractivity contribution is 5.81. The highest BCUT2D eigenvalue weighted by Crippen LogP contribution is 2.41. The first kappa shape index (κ1) is 44.5. The summed E-state index contributed by atoms with van der Waals surface area (Å²) in [6.07, 6.45) is -5.35. The minimum atomic E-state index is -0.864. The van der Waals surface area contributed by atoms with E-state index >= 15 is 0 Å². The van der Waals surface area contributed by atoms with Crippen molar-refractivity contribution in [2.45, 2.75) is 165 Å². The topological polar surface area (TPSA) is 226 Å². The quantitative estimate of drug-likeness (QED) is 0.142. The molecule has 19 heteroatoms. The van der Waals surface area contributed by atoms with Gasteiger partial charge in [-0.15, -0.1) is 0 Å². The van der Waals surface area contributed by atoms with Gasteiger partial charge in [0.2, 0.25) is 17.7 Å². The molecule has 0 bridgehead atoms. The molecule has 4 amide bonds. The van der Waals surface area contributed by atoms with Crippen molar-refractivity contribution in [1.29, 1.82) is 0 Å². The standard InChI is InChI=1S/C36H60N4O15/c1-34(2,3)55-33(45)40-20(16-22-28(48-10)30-32(50-22)54-36(6,7)52-30)18-25(43)37-13-11-23(41)39-19(17-24(42)38-14-12-26(44)46-8)15-21-27(47-9)29-31(49-21)53-35(4,5)51-29/h19-22,27-32H,11-18H2,1-10H3,(H,37,43)(H,38,42)(H,39,41)(H,40,45)/t19-,20-,21-,22-,27+,28+,29-,30-,31-,32-/m1/s1. The molecular weight excluding hydrogens is 728 g/mol. The number of carbonyl (C=O) groups is 5. The summed E-state index contributed by atoms with van der Waals surface area (Å²) in [5.41, 5.74) is -0.777. The second-order valence-electron chi connectivity index (χ2n) is 16.0. The van der Waals surface area contributed by atoms with E-state index in [1.54, 1.807) is 48.5 Å². The van der Waals surface area contributed by atoms with Gasteiger partial charge in [0.05, 0.1) is 25.7 Å². The Morgan fingerprint density at radius 2 is 1.11 bits per heavy atom. The number of fused-ring (bicyclic) bond motifs is 2. The van der Waals surface area contributed by atoms with Crippen LogP contribution in [0.3, 0.4) is 0 Å². The van der Waals surface area contributed by atoms with Crippen LogP contribution < -0.4 is 21.3 Å². The lowest BCUT2D eigenvalue weighted by Gasteiger charge is -2.28. The molecule has 10 atom stereocenters. The molecule has 55 heavy (non-hydrogen) atoms. The van der Waals surface area contributed by atoms with Crippen LogP contribution in [-0.2, 0) is 66.5 Å². The number of methoxy groups -OCH3 is 3. The summed E-state index contributed by atoms with van der Waals surface area (Å²) in [7, 11) is 4.31. The van der Waals surface area contributed by atoms with E-state index in [-0.39, 0.29) is 51.6 Å². The van der Waals surface area contributed by atoms with Crippen molar-refractivity contribution in [2.24, 2.45) is 0 Å². The maximum Gasteiger partial charge on any atom is 0.407 e. The zero-order valence-corrected chi connectivity index (χ0v) is 33.6. The fraction of sp³-hybridized carbons (Fsp3) is 0.861. The fourth-order valence-electron chi connectivity index (χ4n) is 7.08. The number of ether oxygens (including phenoxy) is 10. The molecule has 314 valence electrons. The Morgan fingerprint density at radius 3 is 1.55 bits per heavy atom. The monoisotopic (exact) mass is 788 g/mol. The van der Waals surface area contributed by atoms with Crippen LogP contribution in [-0.4, -0.2) is 143 Å². The molecule has 0 aromatic heterocycles. The predicted octanol–water partition coefficient (Wildman–Crippen LogP) is 0.893. The van der Waals surface area contributed by atoms with Crippen molar-refractivity contribution in [1.82, 2.24) is 21.3 Å². The highest BCUT2D eigenvalue weighted by Gasteiger charge is 2.56. The van der Waals surface area contributed by atoms with Crippen LogP contribution in [0, 0.1) is 0 Å². The molecule has 0 unspecified atom stereocenters. The van der Waals surface area contributed by atoms with Gasteiger partial charge in [0.1, 0.15) is 30.0 Å². The van der Waals surface area contributed by atoms with Gasteiger partial charge >= 0.3 is 12.1 Å². The minimum Gasteiger partial charge on any atom is -0.469 e. The van der Waals surface area contributed by atoms with Crippen LogP contribution in [0.2, 0.25) is 0 Å². The average molecular weight is 789 g/mol. The molecule has 4 N–H and O–H groups in total. The molecule has 19 nitrogen and oxygen atoms in total. The van der Waals surface area contributed by atoms with Crippen LogP contribution in [0.15, 0.2) is 0 Å². The summed E-state index contributed by atoms with van der Waals surface area (Å²) in [4.78, 5) is 63.5. The number of rotatable bonds is 18. The number of hydrogen-bond donors (Lipinski definition) is 4. The van der Waals surface area contributed by atoms with Crippen molar-refractivity contribution in [2.75, 3.05) is 34.4 Å². The second-order valence-corrected chi connectivity index (χ2v) is 16.0. The molecule has 4 heterocycles. The molecule has 4 fully saturated rings. The van der Waals surface area contributed by atoms with E-state index in [9.17, 15) is 24.0 Å². The van der Waals surface area contributed by atoms with E-state index in [4.69, 9.17) is 42.6 Å². The van der Waals surface area contributed by atoms with Crippen LogP contribution in [0.5, 0.6) is 0 Å². The van der Waals surface area contributed by atoms with Crippen molar-refractivity contribution in [3.63, 3.8) is 0 Å². The molecule has 0 aromatic carbocycles. The van der Waals surface area contributed by atoms with Gasteiger partial charge in [0, 0.05) is 58.7 Å². The molecule has 4 rings (SSSR count). The Bertz CT molecular complexity index is 1360. The van der Waals surface area contributed by atoms with E-state index in [0.717, 1.165) is 0 Å². The van der Waals surface area contributed by atoms with Gasteiger partial charge in [-0.25, -0.2) is 4.79 Å². The summed E-state index contributed by atoms with van der Waals surface area (Å²) < 4.78 is 57.3. The maximum absolute atomic E-state index is 13.2. The SMILES string of the molecule is COC(=O)CCNC(=O)C[C@@H](C[C@H]1O[C@@H]2OC(C)(C)O[C@@H]2[C@H]1OC)NC(=O)CCNC(=O)C[C@@H](C[C@H]1O[C@@H]2OC(C)(C)O[C@@H]2[C@H]1OC)NC(=O)OC(C)(C)C. The summed E-state index contributed by atoms with van der Waals surface area (Å²) in [6, 6.07) is -1.45. The zero-order chi connectivity index (χ0) is 40.7. The molecule has 4 aliphatic rings. The molecule has 0 aromatic rings. The van der Waals surface area contributed by atoms with Crippen molar-refractivity contribution < 1.29 is 71.3 Å². The van der Waals surface area contributed by atoms with E-state index in [1.165, 1.54) is 21.3 Å². The van der Waals surface area contributed by atoms with Crippen LogP contribution >= 0.6 is 0 Å². The zero-order valence-electron chi connectivity index (χ0n) is 33.6. The van der Waals surface area contributed by atoms with Gasteiger partial charge in [-0.1, -0.05) is 0 Å².